The van der Waals surface area contributed by atoms with Crippen molar-refractivity contribution in [3.63, 3.8) is 0 Å². The second-order valence-electron chi connectivity index (χ2n) is 15.0. The molecule has 3 aliphatic carbocycles. The van der Waals surface area contributed by atoms with E-state index in [4.69, 9.17) is 25.8 Å². The van der Waals surface area contributed by atoms with Gasteiger partial charge >= 0.3 is 0 Å². The summed E-state index contributed by atoms with van der Waals surface area (Å²) >= 11 is 6.45. The van der Waals surface area contributed by atoms with Crippen molar-refractivity contribution in [1.82, 2.24) is 4.72 Å². The first-order valence-corrected chi connectivity index (χ1v) is 19.8. The van der Waals surface area contributed by atoms with Crippen LogP contribution in [-0.2, 0) is 36.0 Å². The molecule has 11 heteroatoms. The van der Waals surface area contributed by atoms with Crippen LogP contribution in [0.25, 0.3) is 0 Å². The van der Waals surface area contributed by atoms with Crippen LogP contribution in [0.3, 0.4) is 0 Å². The second kappa shape index (κ2) is 14.0. The molecule has 2 saturated carbocycles. The number of amides is 2. The summed E-state index contributed by atoms with van der Waals surface area (Å²) in [6, 6.07) is 11.6. The van der Waals surface area contributed by atoms with Gasteiger partial charge in [0.2, 0.25) is 5.91 Å². The van der Waals surface area contributed by atoms with Crippen LogP contribution < -0.4 is 14.4 Å². The van der Waals surface area contributed by atoms with Crippen LogP contribution in [0.5, 0.6) is 5.75 Å². The first kappa shape index (κ1) is 34.5. The number of hydrogen-bond acceptors (Lipinski definition) is 7. The molecule has 6 atom stereocenters. The van der Waals surface area contributed by atoms with Crippen LogP contribution in [0.2, 0.25) is 5.02 Å². The minimum Gasteiger partial charge on any atom is -0.490 e. The van der Waals surface area contributed by atoms with Gasteiger partial charge in [0.15, 0.2) is 0 Å². The van der Waals surface area contributed by atoms with Gasteiger partial charge in [-0.25, -0.2) is 4.21 Å². The Morgan fingerprint density at radius 3 is 2.73 bits per heavy atom. The third-order valence-electron chi connectivity index (χ3n) is 11.6. The maximum atomic E-state index is 14.4. The van der Waals surface area contributed by atoms with E-state index in [0.717, 1.165) is 61.7 Å². The summed E-state index contributed by atoms with van der Waals surface area (Å²) in [4.78, 5) is 29.5. The normalized spacial score (nSPS) is 34.9. The molecular weight excluding hydrogens is 662 g/mol. The Morgan fingerprint density at radius 2 is 1.98 bits per heavy atom. The number of ether oxygens (including phenoxy) is 3. The van der Waals surface area contributed by atoms with Gasteiger partial charge in [-0.1, -0.05) is 36.7 Å². The van der Waals surface area contributed by atoms with Gasteiger partial charge in [-0.15, -0.1) is 4.36 Å². The monoisotopic (exact) mass is 709 g/mol. The van der Waals surface area contributed by atoms with Crippen molar-refractivity contribution in [2.24, 2.45) is 28.0 Å². The van der Waals surface area contributed by atoms with Gasteiger partial charge in [-0.3, -0.25) is 14.3 Å². The van der Waals surface area contributed by atoms with Gasteiger partial charge in [-0.05, 0) is 111 Å². The molecule has 2 heterocycles. The Labute approximate surface area is 295 Å². The van der Waals surface area contributed by atoms with E-state index in [1.807, 2.05) is 25.1 Å². The maximum Gasteiger partial charge on any atom is 0.286 e. The summed E-state index contributed by atoms with van der Waals surface area (Å²) in [6.07, 6.45) is 11.1. The van der Waals surface area contributed by atoms with E-state index in [2.05, 4.69) is 38.3 Å². The van der Waals surface area contributed by atoms with E-state index in [1.165, 1.54) is 11.1 Å². The number of hydrogen-bond donors (Lipinski definition) is 1. The minimum atomic E-state index is -3.42. The zero-order chi connectivity index (χ0) is 34.3. The van der Waals surface area contributed by atoms with Gasteiger partial charge in [0.1, 0.15) is 15.7 Å². The van der Waals surface area contributed by atoms with E-state index >= 15 is 0 Å². The topological polar surface area (TPSA) is 107 Å². The Morgan fingerprint density at radius 1 is 1.14 bits per heavy atom. The molecule has 1 N–H and O–H groups in total. The molecule has 2 aliphatic heterocycles. The van der Waals surface area contributed by atoms with E-state index < -0.39 is 15.8 Å². The first-order chi connectivity index (χ1) is 23.6. The van der Waals surface area contributed by atoms with E-state index in [9.17, 15) is 13.8 Å². The largest absolute Gasteiger partial charge is 0.490 e. The summed E-state index contributed by atoms with van der Waals surface area (Å²) in [7, 11) is -0.0265. The summed E-state index contributed by atoms with van der Waals surface area (Å²) < 4.78 is 39.5. The number of rotatable bonds is 4. The number of benzene rings is 2. The van der Waals surface area contributed by atoms with Crippen LogP contribution in [0.4, 0.5) is 5.69 Å². The molecule has 2 bridgehead atoms. The Balaban J connectivity index is 1.28. The quantitative estimate of drug-likeness (QED) is 0.361. The van der Waals surface area contributed by atoms with Crippen molar-refractivity contribution in [2.45, 2.75) is 75.9 Å². The van der Waals surface area contributed by atoms with Gasteiger partial charge in [0.05, 0.1) is 30.3 Å². The molecule has 1 spiro atoms. The van der Waals surface area contributed by atoms with Gasteiger partial charge in [0.25, 0.3) is 5.91 Å². The molecule has 0 saturated heterocycles. The molecule has 2 aromatic rings. The maximum absolute atomic E-state index is 14.4. The third-order valence-corrected chi connectivity index (χ3v) is 13.8. The molecule has 49 heavy (non-hydrogen) atoms. The van der Waals surface area contributed by atoms with Crippen LogP contribution in [-0.4, -0.2) is 67.9 Å². The predicted molar refractivity (Wildman–Crippen MR) is 192 cm³/mol. The third kappa shape index (κ3) is 7.03. The van der Waals surface area contributed by atoms with Gasteiger partial charge < -0.3 is 19.1 Å². The van der Waals surface area contributed by atoms with Crippen molar-refractivity contribution in [3.8, 4) is 5.75 Å². The zero-order valence-electron chi connectivity index (χ0n) is 28.7. The number of methoxy groups -OCH3 is 2. The highest BCUT2D eigenvalue weighted by Crippen LogP contribution is 2.47. The number of carbonyl (C=O) groups excluding carboxylic acids is 2. The lowest BCUT2D eigenvalue weighted by Crippen LogP contribution is -2.49. The number of nitrogens with one attached hydrogen (secondary N) is 1. The highest BCUT2D eigenvalue weighted by atomic mass is 35.5. The zero-order valence-corrected chi connectivity index (χ0v) is 30.3. The first-order valence-electron chi connectivity index (χ1n) is 17.7. The average molecular weight is 710 g/mol. The lowest BCUT2D eigenvalue weighted by Gasteiger charge is -2.46. The Bertz CT molecular complexity index is 1750. The number of nitrogens with zero attached hydrogens (tertiary/aromatic N) is 2. The van der Waals surface area contributed by atoms with E-state index in [0.29, 0.717) is 43.3 Å². The Kier molecular flexibility index (Phi) is 9.87. The van der Waals surface area contributed by atoms with Crippen LogP contribution >= 0.6 is 11.6 Å². The molecule has 0 aromatic heterocycles. The summed E-state index contributed by atoms with van der Waals surface area (Å²) in [5.41, 5.74) is 3.47. The lowest BCUT2D eigenvalue weighted by atomic mass is 9.68. The number of fused-ring (bicyclic) bond motifs is 4. The summed E-state index contributed by atoms with van der Waals surface area (Å²) in [5, 5.41) is 0.746. The fourth-order valence-electron chi connectivity index (χ4n) is 8.58. The fraction of sp³-hybridized carbons (Fsp3) is 0.579. The molecule has 2 fully saturated rings. The predicted octanol–water partition coefficient (Wildman–Crippen LogP) is 6.51. The van der Waals surface area contributed by atoms with Gasteiger partial charge in [-0.2, -0.15) is 0 Å². The average Bonchev–Trinajstić information content (AvgIpc) is 3.18. The molecular formula is C38H48ClN3O6S. The minimum absolute atomic E-state index is 0.0146. The number of carbonyl (C=O) groups is 2. The smallest absolute Gasteiger partial charge is 0.286 e. The van der Waals surface area contributed by atoms with Crippen molar-refractivity contribution in [3.05, 3.63) is 70.3 Å². The number of anilines is 1. The Hall–Kier alpha value is -2.92. The van der Waals surface area contributed by atoms with Crippen molar-refractivity contribution >= 4 is 39.0 Å². The second-order valence-corrected chi connectivity index (χ2v) is 17.4. The van der Waals surface area contributed by atoms with Crippen LogP contribution in [0.1, 0.15) is 73.4 Å². The van der Waals surface area contributed by atoms with Crippen LogP contribution in [0, 0.1) is 23.7 Å². The number of allylic oxidation sites excluding steroid dienone is 1. The van der Waals surface area contributed by atoms with Gasteiger partial charge in [0, 0.05) is 49.2 Å². The summed E-state index contributed by atoms with van der Waals surface area (Å²) in [5.74, 6) is 0.170. The molecule has 7 rings (SSSR count). The number of aryl methyl sites for hydroxylation is 1. The van der Waals surface area contributed by atoms with E-state index in [-0.39, 0.29) is 41.1 Å². The standard InChI is InChI=1S/C38H48ClN3O6S/c1-24-6-4-8-34(47-3)31-12-9-27(31)20-42-22-38(15-5-7-25-16-29(39)11-13-32(25)38)23-48-35-14-10-26(19-33(35)42)36(43)40-49(45,21-24)41-37(44)28-17-30(18-28)46-2/h4,8,10-11,13-14,16,19,24,27-28,30-31,34H,5-7,9,12,15,17-18,20-23H2,1-3H3,(H,40,41,43,44,45)/b8-4+/t24-,27-,28-,30-,31+,34-,38-,49?/m0/s1. The molecule has 264 valence electrons. The molecule has 2 aromatic carbocycles. The molecule has 2 amide bonds. The molecule has 9 nitrogen and oxygen atoms in total. The van der Waals surface area contributed by atoms with Crippen LogP contribution in [0.15, 0.2) is 52.9 Å². The molecule has 1 unspecified atom stereocenters. The fourth-order valence-corrected chi connectivity index (χ4v) is 10.7. The highest BCUT2D eigenvalue weighted by Gasteiger charge is 2.44. The van der Waals surface area contributed by atoms with Crippen molar-refractivity contribution in [1.29, 1.82) is 0 Å². The van der Waals surface area contributed by atoms with Crippen molar-refractivity contribution < 1.29 is 28.0 Å². The molecule has 0 radical (unpaired) electrons. The van der Waals surface area contributed by atoms with Crippen molar-refractivity contribution in [2.75, 3.05) is 44.6 Å². The number of halogens is 1. The SMILES string of the molecule is CO[C@H]1/C=C/C[C@H](C)CS(=O)(NC(=O)[C@H]2C[C@H](OC)C2)=NC(=O)c2ccc3c(c2)N(C[C@@H]2CC[C@H]21)C[C@@]1(CCCc2cc(Cl)ccc21)CO3. The lowest BCUT2D eigenvalue weighted by molar-refractivity contribution is -0.130. The summed E-state index contributed by atoms with van der Waals surface area (Å²) in [6.45, 7) is 4.01. The molecule has 5 aliphatic rings. The van der Waals surface area contributed by atoms with E-state index in [1.54, 1.807) is 20.3 Å². The highest BCUT2D eigenvalue weighted by molar-refractivity contribution is 7.92.